The molecule has 0 amide bonds. The molecule has 18 heavy (non-hydrogen) atoms. The van der Waals surface area contributed by atoms with Gasteiger partial charge in [0.2, 0.25) is 5.88 Å². The standard InChI is InChI=1S/C12H9Br2ClN2O/c1-6-7(2)12(17-16-11(6)15)18-10-4-3-8(13)5-9(10)14/h3-5H,1-2H3. The van der Waals surface area contributed by atoms with E-state index in [0.717, 1.165) is 20.1 Å². The first-order valence-corrected chi connectivity index (χ1v) is 7.07. The van der Waals surface area contributed by atoms with Crippen LogP contribution in [0.25, 0.3) is 0 Å². The van der Waals surface area contributed by atoms with E-state index >= 15 is 0 Å². The molecule has 1 aromatic heterocycles. The lowest BCUT2D eigenvalue weighted by atomic mass is 10.2. The van der Waals surface area contributed by atoms with Crippen LogP contribution in [0.15, 0.2) is 27.1 Å². The fourth-order valence-electron chi connectivity index (χ4n) is 1.31. The van der Waals surface area contributed by atoms with Crippen molar-refractivity contribution >= 4 is 43.5 Å². The predicted octanol–water partition coefficient (Wildman–Crippen LogP) is 5.06. The van der Waals surface area contributed by atoms with E-state index < -0.39 is 0 Å². The van der Waals surface area contributed by atoms with Crippen LogP contribution in [0, 0.1) is 13.8 Å². The van der Waals surface area contributed by atoms with Gasteiger partial charge in [0.05, 0.1) is 4.47 Å². The number of hydrogen-bond donors (Lipinski definition) is 0. The van der Waals surface area contributed by atoms with Crippen LogP contribution in [0.3, 0.4) is 0 Å². The number of hydrogen-bond acceptors (Lipinski definition) is 3. The van der Waals surface area contributed by atoms with E-state index in [1.54, 1.807) is 0 Å². The first-order valence-electron chi connectivity index (χ1n) is 5.11. The van der Waals surface area contributed by atoms with Gasteiger partial charge < -0.3 is 4.74 Å². The first-order chi connectivity index (χ1) is 8.49. The maximum Gasteiger partial charge on any atom is 0.242 e. The number of rotatable bonds is 2. The molecular weight excluding hydrogens is 383 g/mol. The van der Waals surface area contributed by atoms with Crippen LogP contribution in [0.4, 0.5) is 0 Å². The lowest BCUT2D eigenvalue weighted by Crippen LogP contribution is -1.98. The molecule has 0 bridgehead atoms. The number of benzene rings is 1. The van der Waals surface area contributed by atoms with Crippen molar-refractivity contribution in [2.24, 2.45) is 0 Å². The Bertz CT molecular complexity index is 605. The van der Waals surface area contributed by atoms with Gasteiger partial charge in [-0.2, -0.15) is 0 Å². The number of aromatic nitrogens is 2. The molecule has 0 radical (unpaired) electrons. The van der Waals surface area contributed by atoms with Gasteiger partial charge in [-0.05, 0) is 53.5 Å². The lowest BCUT2D eigenvalue weighted by Gasteiger charge is -2.10. The topological polar surface area (TPSA) is 35.0 Å². The van der Waals surface area contributed by atoms with Crippen molar-refractivity contribution in [2.75, 3.05) is 0 Å². The van der Waals surface area contributed by atoms with E-state index in [9.17, 15) is 0 Å². The highest BCUT2D eigenvalue weighted by Gasteiger charge is 2.11. The summed E-state index contributed by atoms with van der Waals surface area (Å²) in [4.78, 5) is 0. The van der Waals surface area contributed by atoms with Crippen LogP contribution in [0.1, 0.15) is 11.1 Å². The fraction of sp³-hybridized carbons (Fsp3) is 0.167. The van der Waals surface area contributed by atoms with Crippen LogP contribution in [-0.2, 0) is 0 Å². The summed E-state index contributed by atoms with van der Waals surface area (Å²) in [6.07, 6.45) is 0. The van der Waals surface area contributed by atoms with Gasteiger partial charge in [-0.15, -0.1) is 10.2 Å². The van der Waals surface area contributed by atoms with Crippen LogP contribution in [-0.4, -0.2) is 10.2 Å². The lowest BCUT2D eigenvalue weighted by molar-refractivity contribution is 0.447. The van der Waals surface area contributed by atoms with E-state index in [2.05, 4.69) is 42.1 Å². The maximum atomic E-state index is 5.90. The average Bonchev–Trinajstić information content (AvgIpc) is 2.33. The molecule has 0 aliphatic heterocycles. The van der Waals surface area contributed by atoms with Crippen molar-refractivity contribution in [3.63, 3.8) is 0 Å². The van der Waals surface area contributed by atoms with Gasteiger partial charge in [0.1, 0.15) is 5.75 Å². The van der Waals surface area contributed by atoms with Gasteiger partial charge in [0, 0.05) is 10.0 Å². The van der Waals surface area contributed by atoms with E-state index in [1.165, 1.54) is 0 Å². The van der Waals surface area contributed by atoms with Crippen LogP contribution in [0.2, 0.25) is 5.15 Å². The van der Waals surface area contributed by atoms with Gasteiger partial charge in [-0.3, -0.25) is 0 Å². The summed E-state index contributed by atoms with van der Waals surface area (Å²) in [7, 11) is 0. The summed E-state index contributed by atoms with van der Waals surface area (Å²) in [6.45, 7) is 3.79. The average molecular weight is 392 g/mol. The number of ether oxygens (including phenoxy) is 1. The van der Waals surface area contributed by atoms with Gasteiger partial charge >= 0.3 is 0 Å². The molecule has 0 fully saturated rings. The van der Waals surface area contributed by atoms with Crippen LogP contribution in [0.5, 0.6) is 11.6 Å². The summed E-state index contributed by atoms with van der Waals surface area (Å²) in [5.74, 6) is 1.14. The summed E-state index contributed by atoms with van der Waals surface area (Å²) < 4.78 is 7.54. The SMILES string of the molecule is Cc1c(Cl)nnc(Oc2ccc(Br)cc2Br)c1C. The second-order valence-corrected chi connectivity index (χ2v) is 5.85. The molecule has 2 aromatic rings. The third-order valence-corrected chi connectivity index (χ3v) is 3.99. The van der Waals surface area contributed by atoms with Gasteiger partial charge in [0.15, 0.2) is 5.15 Å². The molecule has 0 N–H and O–H groups in total. The zero-order chi connectivity index (χ0) is 13.3. The number of nitrogens with zero attached hydrogens (tertiary/aromatic N) is 2. The summed E-state index contributed by atoms with van der Waals surface area (Å²) >= 11 is 12.7. The van der Waals surface area contributed by atoms with Crippen LogP contribution >= 0.6 is 43.5 Å². The summed E-state index contributed by atoms with van der Waals surface area (Å²) in [6, 6.07) is 5.64. The van der Waals surface area contributed by atoms with Gasteiger partial charge in [-0.25, -0.2) is 0 Å². The minimum absolute atomic E-state index is 0.398. The van der Waals surface area contributed by atoms with Crippen molar-refractivity contribution in [1.82, 2.24) is 10.2 Å². The van der Waals surface area contributed by atoms with E-state index in [1.807, 2.05) is 32.0 Å². The van der Waals surface area contributed by atoms with Crippen molar-refractivity contribution in [3.05, 3.63) is 43.4 Å². The summed E-state index contributed by atoms with van der Waals surface area (Å²) in [5.41, 5.74) is 1.75. The molecule has 1 aromatic carbocycles. The Kier molecular flexibility index (Phi) is 4.25. The molecule has 6 heteroatoms. The Morgan fingerprint density at radius 1 is 1.11 bits per heavy atom. The van der Waals surface area contributed by atoms with Gasteiger partial charge in [-0.1, -0.05) is 27.5 Å². The molecule has 94 valence electrons. The maximum absolute atomic E-state index is 5.90. The molecular formula is C12H9Br2ClN2O. The highest BCUT2D eigenvalue weighted by atomic mass is 79.9. The molecule has 0 aliphatic rings. The smallest absolute Gasteiger partial charge is 0.242 e. The van der Waals surface area contributed by atoms with Crippen molar-refractivity contribution in [1.29, 1.82) is 0 Å². The largest absolute Gasteiger partial charge is 0.436 e. The Hall–Kier alpha value is -0.650. The molecule has 3 nitrogen and oxygen atoms in total. The van der Waals surface area contributed by atoms with Crippen molar-refractivity contribution in [2.45, 2.75) is 13.8 Å². The van der Waals surface area contributed by atoms with Gasteiger partial charge in [0.25, 0.3) is 0 Å². The third-order valence-electron chi connectivity index (χ3n) is 2.52. The Labute approximate surface area is 127 Å². The zero-order valence-electron chi connectivity index (χ0n) is 9.67. The Morgan fingerprint density at radius 3 is 2.50 bits per heavy atom. The molecule has 0 atom stereocenters. The van der Waals surface area contributed by atoms with Crippen LogP contribution < -0.4 is 4.74 Å². The molecule has 0 unspecified atom stereocenters. The summed E-state index contributed by atoms with van der Waals surface area (Å²) in [5, 5.41) is 8.21. The second-order valence-electron chi connectivity index (χ2n) is 3.72. The Balaban J connectivity index is 2.37. The minimum Gasteiger partial charge on any atom is -0.436 e. The second kappa shape index (κ2) is 5.55. The number of halogens is 3. The van der Waals surface area contributed by atoms with E-state index in [-0.39, 0.29) is 0 Å². The molecule has 1 heterocycles. The fourth-order valence-corrected chi connectivity index (χ4v) is 2.62. The molecule has 0 saturated heterocycles. The minimum atomic E-state index is 0.398. The quantitative estimate of drug-likeness (QED) is 0.716. The van der Waals surface area contributed by atoms with Crippen molar-refractivity contribution < 1.29 is 4.74 Å². The Morgan fingerprint density at radius 2 is 1.83 bits per heavy atom. The monoisotopic (exact) mass is 390 g/mol. The highest BCUT2D eigenvalue weighted by Crippen LogP contribution is 2.33. The third kappa shape index (κ3) is 2.84. The molecule has 2 rings (SSSR count). The van der Waals surface area contributed by atoms with E-state index in [4.69, 9.17) is 16.3 Å². The van der Waals surface area contributed by atoms with Crippen molar-refractivity contribution in [3.8, 4) is 11.6 Å². The molecule has 0 saturated carbocycles. The normalized spacial score (nSPS) is 10.5. The highest BCUT2D eigenvalue weighted by molar-refractivity contribution is 9.11. The molecule has 0 aliphatic carbocycles. The first kappa shape index (κ1) is 13.8. The molecule has 0 spiro atoms. The predicted molar refractivity (Wildman–Crippen MR) is 78.4 cm³/mol. The zero-order valence-corrected chi connectivity index (χ0v) is 13.6. The van der Waals surface area contributed by atoms with E-state index in [0.29, 0.717) is 16.8 Å².